The molecule has 1 aliphatic rings. The molecule has 0 N–H and O–H groups in total. The van der Waals surface area contributed by atoms with Gasteiger partial charge in [0.05, 0.1) is 11.4 Å². The number of hydrogen-bond donors (Lipinski definition) is 0. The molecule has 0 saturated heterocycles. The molecule has 1 aromatic heterocycles. The number of rotatable bonds is 4. The fourth-order valence-corrected chi connectivity index (χ4v) is 3.40. The first-order valence-electron chi connectivity index (χ1n) is 9.02. The summed E-state index contributed by atoms with van der Waals surface area (Å²) in [6.45, 7) is 6.73. The fraction of sp³-hybridized carbons (Fsp3) is 0.273. The molecule has 26 heavy (non-hydrogen) atoms. The topological polar surface area (TPSA) is 29.0 Å². The van der Waals surface area contributed by atoms with Gasteiger partial charge in [-0.25, -0.2) is 14.4 Å². The minimum Gasteiger partial charge on any atom is -0.289 e. The van der Waals surface area contributed by atoms with E-state index in [1.54, 1.807) is 0 Å². The van der Waals surface area contributed by atoms with Gasteiger partial charge < -0.3 is 0 Å². The van der Waals surface area contributed by atoms with E-state index in [9.17, 15) is 4.39 Å². The molecule has 0 bridgehead atoms. The van der Waals surface area contributed by atoms with Crippen molar-refractivity contribution in [1.29, 1.82) is 0 Å². The third kappa shape index (κ3) is 3.37. The third-order valence-electron chi connectivity index (χ3n) is 4.75. The van der Waals surface area contributed by atoms with Crippen LogP contribution in [0.4, 0.5) is 4.39 Å². The average Bonchev–Trinajstić information content (AvgIpc) is 3.04. The van der Waals surface area contributed by atoms with E-state index >= 15 is 0 Å². The summed E-state index contributed by atoms with van der Waals surface area (Å²) in [7, 11) is 0. The van der Waals surface area contributed by atoms with Gasteiger partial charge in [-0.3, -0.25) is 4.90 Å². The van der Waals surface area contributed by atoms with Gasteiger partial charge in [0, 0.05) is 36.7 Å². The fourth-order valence-electron chi connectivity index (χ4n) is 3.40. The first-order chi connectivity index (χ1) is 12.6. The Morgan fingerprint density at radius 3 is 2.38 bits per heavy atom. The SMILES string of the molecule is CC(C)c1nc2c(c(-c3ccc(F)cc3)n1)CN(Cc1ccccc1)C2. The quantitative estimate of drug-likeness (QED) is 0.671. The second-order valence-electron chi connectivity index (χ2n) is 7.15. The Morgan fingerprint density at radius 2 is 1.69 bits per heavy atom. The van der Waals surface area contributed by atoms with Crippen molar-refractivity contribution in [3.05, 3.63) is 83.1 Å². The molecule has 0 amide bonds. The van der Waals surface area contributed by atoms with Gasteiger partial charge in [0.1, 0.15) is 11.6 Å². The zero-order valence-corrected chi connectivity index (χ0v) is 15.1. The standard InChI is InChI=1S/C22H22FN3/c1-15(2)22-24-20-14-26(12-16-6-4-3-5-7-16)13-19(20)21(25-22)17-8-10-18(23)11-9-17/h3-11,15H,12-14H2,1-2H3. The summed E-state index contributed by atoms with van der Waals surface area (Å²) in [5.41, 5.74) is 5.44. The minimum atomic E-state index is -0.228. The maximum atomic E-state index is 13.3. The lowest BCUT2D eigenvalue weighted by Crippen LogP contribution is -2.15. The molecule has 4 heteroatoms. The van der Waals surface area contributed by atoms with Crippen LogP contribution in [0.15, 0.2) is 54.6 Å². The molecule has 132 valence electrons. The van der Waals surface area contributed by atoms with E-state index in [4.69, 9.17) is 9.97 Å². The van der Waals surface area contributed by atoms with Crippen molar-refractivity contribution in [3.63, 3.8) is 0 Å². The lowest BCUT2D eigenvalue weighted by molar-refractivity contribution is 0.274. The molecule has 0 fully saturated rings. The van der Waals surface area contributed by atoms with Crippen LogP contribution in [0.25, 0.3) is 11.3 Å². The molecule has 0 unspecified atom stereocenters. The number of hydrogen-bond acceptors (Lipinski definition) is 3. The summed E-state index contributed by atoms with van der Waals surface area (Å²) in [6.07, 6.45) is 0. The maximum Gasteiger partial charge on any atom is 0.131 e. The summed E-state index contributed by atoms with van der Waals surface area (Å²) in [5.74, 6) is 0.876. The monoisotopic (exact) mass is 347 g/mol. The van der Waals surface area contributed by atoms with Gasteiger partial charge in [-0.05, 0) is 29.8 Å². The van der Waals surface area contributed by atoms with Gasteiger partial charge in [-0.1, -0.05) is 44.2 Å². The number of halogens is 1. The van der Waals surface area contributed by atoms with Gasteiger partial charge >= 0.3 is 0 Å². The van der Waals surface area contributed by atoms with Crippen LogP contribution in [0.2, 0.25) is 0 Å². The molecule has 0 saturated carbocycles. The molecule has 0 atom stereocenters. The van der Waals surface area contributed by atoms with E-state index in [0.29, 0.717) is 0 Å². The highest BCUT2D eigenvalue weighted by atomic mass is 19.1. The van der Waals surface area contributed by atoms with Crippen molar-refractivity contribution in [1.82, 2.24) is 14.9 Å². The van der Waals surface area contributed by atoms with Crippen LogP contribution in [0.3, 0.4) is 0 Å². The first kappa shape index (κ1) is 16.9. The Hall–Kier alpha value is -2.59. The van der Waals surface area contributed by atoms with Gasteiger partial charge in [0.2, 0.25) is 0 Å². The second-order valence-corrected chi connectivity index (χ2v) is 7.15. The largest absolute Gasteiger partial charge is 0.289 e. The Bertz CT molecular complexity index is 905. The highest BCUT2D eigenvalue weighted by Crippen LogP contribution is 2.32. The van der Waals surface area contributed by atoms with E-state index in [2.05, 4.69) is 43.0 Å². The Morgan fingerprint density at radius 1 is 0.962 bits per heavy atom. The summed E-state index contributed by atoms with van der Waals surface area (Å²) in [4.78, 5) is 12.0. The summed E-state index contributed by atoms with van der Waals surface area (Å²) in [5, 5.41) is 0. The van der Waals surface area contributed by atoms with Crippen LogP contribution >= 0.6 is 0 Å². The van der Waals surface area contributed by atoms with Gasteiger partial charge in [-0.2, -0.15) is 0 Å². The van der Waals surface area contributed by atoms with E-state index in [1.807, 2.05) is 18.2 Å². The van der Waals surface area contributed by atoms with Crippen molar-refractivity contribution in [3.8, 4) is 11.3 Å². The van der Waals surface area contributed by atoms with E-state index in [0.717, 1.165) is 48.0 Å². The van der Waals surface area contributed by atoms with Crippen LogP contribution in [0.1, 0.15) is 42.4 Å². The third-order valence-corrected chi connectivity index (χ3v) is 4.75. The summed E-state index contributed by atoms with van der Waals surface area (Å²) < 4.78 is 13.3. The van der Waals surface area contributed by atoms with E-state index < -0.39 is 0 Å². The van der Waals surface area contributed by atoms with E-state index in [-0.39, 0.29) is 11.7 Å². The molecule has 4 rings (SSSR count). The molecular weight excluding hydrogens is 325 g/mol. The zero-order chi connectivity index (χ0) is 18.1. The smallest absolute Gasteiger partial charge is 0.131 e. The highest BCUT2D eigenvalue weighted by molar-refractivity contribution is 5.64. The molecule has 0 aliphatic carbocycles. The Balaban J connectivity index is 1.70. The Labute approximate surface area is 153 Å². The molecular formula is C22H22FN3. The van der Waals surface area contributed by atoms with Crippen LogP contribution in [0.5, 0.6) is 0 Å². The molecule has 3 nitrogen and oxygen atoms in total. The van der Waals surface area contributed by atoms with Gasteiger partial charge in [-0.15, -0.1) is 0 Å². The zero-order valence-electron chi connectivity index (χ0n) is 15.1. The molecule has 1 aliphatic heterocycles. The predicted octanol–water partition coefficient (Wildman–Crippen LogP) is 4.92. The lowest BCUT2D eigenvalue weighted by Gasteiger charge is -2.14. The maximum absolute atomic E-state index is 13.3. The predicted molar refractivity (Wildman–Crippen MR) is 101 cm³/mol. The average molecular weight is 347 g/mol. The van der Waals surface area contributed by atoms with Crippen molar-refractivity contribution in [2.24, 2.45) is 0 Å². The molecule has 2 heterocycles. The van der Waals surface area contributed by atoms with Crippen LogP contribution in [-0.4, -0.2) is 14.9 Å². The van der Waals surface area contributed by atoms with E-state index in [1.165, 1.54) is 17.7 Å². The first-order valence-corrected chi connectivity index (χ1v) is 9.02. The molecule has 2 aromatic carbocycles. The van der Waals surface area contributed by atoms with Crippen molar-refractivity contribution < 1.29 is 4.39 Å². The van der Waals surface area contributed by atoms with Crippen LogP contribution < -0.4 is 0 Å². The lowest BCUT2D eigenvalue weighted by atomic mass is 10.0. The summed E-state index contributed by atoms with van der Waals surface area (Å²) in [6, 6.07) is 17.1. The number of aromatic nitrogens is 2. The normalized spacial score (nSPS) is 14.0. The number of nitrogens with zero attached hydrogens (tertiary/aromatic N) is 3. The van der Waals surface area contributed by atoms with Crippen molar-refractivity contribution in [2.45, 2.75) is 39.4 Å². The molecule has 0 spiro atoms. The number of benzene rings is 2. The second kappa shape index (κ2) is 6.96. The van der Waals surface area contributed by atoms with Crippen LogP contribution in [0, 0.1) is 5.82 Å². The van der Waals surface area contributed by atoms with Crippen molar-refractivity contribution >= 4 is 0 Å². The van der Waals surface area contributed by atoms with Crippen LogP contribution in [-0.2, 0) is 19.6 Å². The summed E-state index contributed by atoms with van der Waals surface area (Å²) >= 11 is 0. The molecule has 3 aromatic rings. The van der Waals surface area contributed by atoms with Gasteiger partial charge in [0.25, 0.3) is 0 Å². The highest BCUT2D eigenvalue weighted by Gasteiger charge is 2.26. The number of fused-ring (bicyclic) bond motifs is 1. The molecule has 0 radical (unpaired) electrons. The minimum absolute atomic E-state index is 0.228. The van der Waals surface area contributed by atoms with Crippen molar-refractivity contribution in [2.75, 3.05) is 0 Å². The van der Waals surface area contributed by atoms with Gasteiger partial charge in [0.15, 0.2) is 0 Å². The Kier molecular flexibility index (Phi) is 4.51.